The number of hydrogen-bond donors (Lipinski definition) is 1. The molecule has 0 bridgehead atoms. The van der Waals surface area contributed by atoms with E-state index >= 15 is 0 Å². The molecule has 0 fully saturated rings. The minimum absolute atomic E-state index is 0.0796. The van der Waals surface area contributed by atoms with E-state index in [-0.39, 0.29) is 17.8 Å². The molecule has 1 unspecified atom stereocenters. The number of carbonyl (C=O) groups is 2. The minimum Gasteiger partial charge on any atom is -0.478 e. The van der Waals surface area contributed by atoms with Crippen LogP contribution in [0, 0.1) is 6.92 Å². The van der Waals surface area contributed by atoms with Gasteiger partial charge in [0.1, 0.15) is 0 Å². The molecule has 1 N–H and O–H groups in total. The second kappa shape index (κ2) is 5.89. The van der Waals surface area contributed by atoms with Gasteiger partial charge < -0.3 is 5.11 Å². The summed E-state index contributed by atoms with van der Waals surface area (Å²) >= 11 is 1.60. The summed E-state index contributed by atoms with van der Waals surface area (Å²) in [6, 6.07) is 4.93. The molecule has 0 radical (unpaired) electrons. The van der Waals surface area contributed by atoms with E-state index in [0.29, 0.717) is 5.69 Å². The van der Waals surface area contributed by atoms with Gasteiger partial charge in [0, 0.05) is 23.7 Å². The topological polar surface area (TPSA) is 79.6 Å². The smallest absolute Gasteiger partial charge is 0.337 e. The van der Waals surface area contributed by atoms with Crippen molar-refractivity contribution in [1.29, 1.82) is 0 Å². The Morgan fingerprint density at radius 1 is 1.30 bits per heavy atom. The molecule has 0 aliphatic carbocycles. The lowest BCUT2D eigenvalue weighted by molar-refractivity contribution is -0.122. The van der Waals surface area contributed by atoms with Crippen LogP contribution in [0.1, 0.15) is 26.5 Å². The summed E-state index contributed by atoms with van der Waals surface area (Å²) in [4.78, 5) is 33.4. The highest BCUT2D eigenvalue weighted by molar-refractivity contribution is 7.10. The first kappa shape index (κ1) is 15.3. The van der Waals surface area contributed by atoms with Crippen LogP contribution < -0.4 is 0 Å². The summed E-state index contributed by atoms with van der Waals surface area (Å²) in [5, 5.41) is 10.9. The van der Waals surface area contributed by atoms with Crippen LogP contribution in [0.3, 0.4) is 0 Å². The van der Waals surface area contributed by atoms with Crippen molar-refractivity contribution in [2.24, 2.45) is 4.99 Å². The SMILES string of the molecule is Cc1sccc1CC(=O)C1(c2ccc(C(=O)O)cn2)C=CC=N1. The van der Waals surface area contributed by atoms with Gasteiger partial charge in [-0.05, 0) is 48.2 Å². The monoisotopic (exact) mass is 326 g/mol. The van der Waals surface area contributed by atoms with E-state index in [4.69, 9.17) is 5.11 Å². The normalized spacial score (nSPS) is 19.2. The Morgan fingerprint density at radius 3 is 2.65 bits per heavy atom. The second-order valence-corrected chi connectivity index (χ2v) is 6.36. The molecule has 2 aromatic heterocycles. The summed E-state index contributed by atoms with van der Waals surface area (Å²) in [5.41, 5.74) is 0.337. The lowest BCUT2D eigenvalue weighted by Gasteiger charge is -2.22. The fraction of sp³-hybridized carbons (Fsp3) is 0.176. The highest BCUT2D eigenvalue weighted by Gasteiger charge is 2.39. The van der Waals surface area contributed by atoms with Gasteiger partial charge in [0.15, 0.2) is 11.3 Å². The number of aromatic nitrogens is 1. The molecule has 0 amide bonds. The maximum atomic E-state index is 12.9. The molecule has 23 heavy (non-hydrogen) atoms. The Bertz CT molecular complexity index is 807. The first-order valence-corrected chi connectivity index (χ1v) is 7.90. The number of carboxylic acid groups (broad SMARTS) is 1. The Hall–Kier alpha value is -2.60. The number of aromatic carboxylic acids is 1. The zero-order valence-electron chi connectivity index (χ0n) is 12.4. The van der Waals surface area contributed by atoms with Crippen molar-refractivity contribution in [3.05, 3.63) is 63.6 Å². The number of Topliss-reactive ketones (excluding diaryl/α,β-unsaturated/α-hetero) is 1. The fourth-order valence-electron chi connectivity index (χ4n) is 2.49. The number of nitrogens with zero attached hydrogens (tertiary/aromatic N) is 2. The van der Waals surface area contributed by atoms with Crippen LogP contribution in [0.4, 0.5) is 0 Å². The van der Waals surface area contributed by atoms with Crippen molar-refractivity contribution >= 4 is 29.3 Å². The number of thiophene rings is 1. The number of carbonyl (C=O) groups excluding carboxylic acids is 1. The van der Waals surface area contributed by atoms with E-state index in [2.05, 4.69) is 9.98 Å². The van der Waals surface area contributed by atoms with Crippen molar-refractivity contribution in [3.8, 4) is 0 Å². The van der Waals surface area contributed by atoms with Crippen LogP contribution in [0.25, 0.3) is 0 Å². The lowest BCUT2D eigenvalue weighted by atomic mass is 9.87. The molecule has 5 nitrogen and oxygen atoms in total. The molecule has 2 aromatic rings. The van der Waals surface area contributed by atoms with E-state index in [0.717, 1.165) is 10.4 Å². The maximum absolute atomic E-state index is 12.9. The van der Waals surface area contributed by atoms with E-state index < -0.39 is 11.5 Å². The van der Waals surface area contributed by atoms with Crippen molar-refractivity contribution in [1.82, 2.24) is 4.98 Å². The quantitative estimate of drug-likeness (QED) is 0.916. The molecule has 6 heteroatoms. The third-order valence-corrected chi connectivity index (χ3v) is 4.73. The number of ketones is 1. The minimum atomic E-state index is -1.16. The number of rotatable bonds is 5. The van der Waals surface area contributed by atoms with Gasteiger partial charge in [-0.25, -0.2) is 4.79 Å². The highest BCUT2D eigenvalue weighted by Crippen LogP contribution is 2.32. The number of aryl methyl sites for hydroxylation is 1. The second-order valence-electron chi connectivity index (χ2n) is 5.24. The van der Waals surface area contributed by atoms with Gasteiger partial charge in [-0.2, -0.15) is 0 Å². The van der Waals surface area contributed by atoms with Crippen LogP contribution in [0.15, 0.2) is 46.9 Å². The Morgan fingerprint density at radius 2 is 2.13 bits per heavy atom. The molecule has 1 aliphatic heterocycles. The standard InChI is InChI=1S/C17H14N2O3S/c1-11-12(5-8-23-11)9-15(20)17(6-2-7-19-17)14-4-3-13(10-18-14)16(21)22/h2-8,10H,9H2,1H3,(H,21,22). The average molecular weight is 326 g/mol. The van der Waals surface area contributed by atoms with Crippen molar-refractivity contribution in [2.75, 3.05) is 0 Å². The third kappa shape index (κ3) is 2.73. The van der Waals surface area contributed by atoms with Gasteiger partial charge in [0.25, 0.3) is 0 Å². The first-order chi connectivity index (χ1) is 11.0. The summed E-state index contributed by atoms with van der Waals surface area (Å²) in [5.74, 6) is -1.14. The summed E-state index contributed by atoms with van der Waals surface area (Å²) in [6.45, 7) is 1.98. The predicted octanol–water partition coefficient (Wildman–Crippen LogP) is 2.80. The molecule has 0 saturated carbocycles. The molecule has 116 valence electrons. The molecule has 0 saturated heterocycles. The summed E-state index contributed by atoms with van der Waals surface area (Å²) in [7, 11) is 0. The molecule has 0 aromatic carbocycles. The number of aliphatic imine (C=N–C) groups is 1. The lowest BCUT2D eigenvalue weighted by Crippen LogP contribution is -2.33. The average Bonchev–Trinajstić information content (AvgIpc) is 3.18. The first-order valence-electron chi connectivity index (χ1n) is 7.02. The number of pyridine rings is 1. The number of allylic oxidation sites excluding steroid dienone is 1. The van der Waals surface area contributed by atoms with E-state index in [1.165, 1.54) is 12.3 Å². The molecule has 0 spiro atoms. The molecular weight excluding hydrogens is 312 g/mol. The van der Waals surface area contributed by atoms with Crippen LogP contribution in [0.5, 0.6) is 0 Å². The van der Waals surface area contributed by atoms with E-state index in [1.807, 2.05) is 18.4 Å². The maximum Gasteiger partial charge on any atom is 0.337 e. The number of hydrogen-bond acceptors (Lipinski definition) is 5. The van der Waals surface area contributed by atoms with Gasteiger partial charge in [-0.1, -0.05) is 0 Å². The summed E-state index contributed by atoms with van der Waals surface area (Å²) in [6.07, 6.45) is 6.51. The molecule has 1 aliphatic rings. The Kier molecular flexibility index (Phi) is 3.92. The van der Waals surface area contributed by atoms with E-state index in [9.17, 15) is 9.59 Å². The van der Waals surface area contributed by atoms with Crippen LogP contribution in [-0.4, -0.2) is 28.1 Å². The number of carboxylic acids is 1. The van der Waals surface area contributed by atoms with Gasteiger partial charge >= 0.3 is 5.97 Å². The Labute approximate surface area is 137 Å². The van der Waals surface area contributed by atoms with Crippen molar-refractivity contribution < 1.29 is 14.7 Å². The van der Waals surface area contributed by atoms with Crippen LogP contribution in [-0.2, 0) is 16.8 Å². The third-order valence-electron chi connectivity index (χ3n) is 3.84. The zero-order valence-corrected chi connectivity index (χ0v) is 13.2. The van der Waals surface area contributed by atoms with Crippen molar-refractivity contribution in [2.45, 2.75) is 18.9 Å². The predicted molar refractivity (Wildman–Crippen MR) is 88.3 cm³/mol. The highest BCUT2D eigenvalue weighted by atomic mass is 32.1. The van der Waals surface area contributed by atoms with Gasteiger partial charge in [-0.3, -0.25) is 14.8 Å². The van der Waals surface area contributed by atoms with Crippen LogP contribution >= 0.6 is 11.3 Å². The Balaban J connectivity index is 1.95. The van der Waals surface area contributed by atoms with Gasteiger partial charge in [-0.15, -0.1) is 11.3 Å². The van der Waals surface area contributed by atoms with E-state index in [1.54, 1.807) is 35.8 Å². The van der Waals surface area contributed by atoms with Gasteiger partial charge in [0.2, 0.25) is 0 Å². The molecule has 1 atom stereocenters. The molecule has 3 rings (SSSR count). The molecule has 3 heterocycles. The molecular formula is C17H14N2O3S. The fourth-order valence-corrected chi connectivity index (χ4v) is 3.22. The van der Waals surface area contributed by atoms with Crippen LogP contribution in [0.2, 0.25) is 0 Å². The zero-order chi connectivity index (χ0) is 16.4. The summed E-state index contributed by atoms with van der Waals surface area (Å²) < 4.78 is 0. The van der Waals surface area contributed by atoms with Gasteiger partial charge in [0.05, 0.1) is 11.3 Å². The van der Waals surface area contributed by atoms with Crippen molar-refractivity contribution in [3.63, 3.8) is 0 Å². The largest absolute Gasteiger partial charge is 0.478 e.